The maximum Gasteiger partial charge on any atom is 0.164 e. The van der Waals surface area contributed by atoms with Crippen molar-refractivity contribution in [1.82, 2.24) is 23.9 Å². The topological polar surface area (TPSA) is 48.0 Å². The number of hydrogen-bond donors (Lipinski definition) is 0. The third-order valence-electron chi connectivity index (χ3n) is 11.1. The van der Waals surface area contributed by atoms with Gasteiger partial charge in [0.05, 0.1) is 27.6 Å². The number of para-hydroxylation sites is 3. The normalized spacial score (nSPS) is 12.1. The molecule has 8 aromatic carbocycles. The molecule has 0 N–H and O–H groups in total. The van der Waals surface area contributed by atoms with Crippen molar-refractivity contribution >= 4 is 70.7 Å². The van der Waals surface area contributed by atoms with Crippen LogP contribution in [0.2, 0.25) is 0 Å². The van der Waals surface area contributed by atoms with Gasteiger partial charge in [-0.2, -0.15) is 0 Å². The van der Waals surface area contributed by atoms with Crippen molar-refractivity contribution in [3.63, 3.8) is 0 Å². The second-order valence-corrected chi connectivity index (χ2v) is 14.0. The SMILES string of the molecule is c1ccc(-c2nc(-c3ccccc3)nc(-c3cccc(-n4c5ccccc5c5ccc6c(ccc7c8cccc9c%10ccccc%10n(c67)c98)c54)c3)n2)cc1. The van der Waals surface area contributed by atoms with Gasteiger partial charge in [0.2, 0.25) is 0 Å². The Morgan fingerprint density at radius 1 is 0.296 bits per heavy atom. The molecular weight excluding hydrogens is 659 g/mol. The first kappa shape index (κ1) is 29.2. The summed E-state index contributed by atoms with van der Waals surface area (Å²) >= 11 is 0. The summed E-state index contributed by atoms with van der Waals surface area (Å²) in [6, 6.07) is 62.4. The van der Waals surface area contributed by atoms with E-state index in [1.165, 1.54) is 65.2 Å². The minimum absolute atomic E-state index is 0.634. The highest BCUT2D eigenvalue weighted by Crippen LogP contribution is 2.44. The second kappa shape index (κ2) is 11.1. The molecule has 4 aromatic heterocycles. The summed E-state index contributed by atoms with van der Waals surface area (Å²) in [5.41, 5.74) is 9.98. The molecule has 54 heavy (non-hydrogen) atoms. The van der Waals surface area contributed by atoms with Crippen LogP contribution in [0.3, 0.4) is 0 Å². The van der Waals surface area contributed by atoms with E-state index in [1.54, 1.807) is 0 Å². The first-order valence-electron chi connectivity index (χ1n) is 18.3. The Kier molecular flexibility index (Phi) is 5.99. The zero-order chi connectivity index (χ0) is 35.3. The van der Waals surface area contributed by atoms with Crippen molar-refractivity contribution < 1.29 is 0 Å². The lowest BCUT2D eigenvalue weighted by Crippen LogP contribution is -2.01. The molecule has 0 saturated heterocycles. The molecule has 12 rings (SSSR count). The molecule has 250 valence electrons. The number of aromatic nitrogens is 5. The lowest BCUT2D eigenvalue weighted by molar-refractivity contribution is 1.07. The van der Waals surface area contributed by atoms with E-state index in [2.05, 4.69) is 124 Å². The van der Waals surface area contributed by atoms with Gasteiger partial charge in [-0.1, -0.05) is 152 Å². The average Bonchev–Trinajstić information content (AvgIpc) is 3.90. The zero-order valence-corrected chi connectivity index (χ0v) is 29.0. The minimum Gasteiger partial charge on any atom is -0.309 e. The lowest BCUT2D eigenvalue weighted by atomic mass is 10.0. The summed E-state index contributed by atoms with van der Waals surface area (Å²) in [7, 11) is 0. The van der Waals surface area contributed by atoms with Crippen LogP contribution in [0.5, 0.6) is 0 Å². The predicted octanol–water partition coefficient (Wildman–Crippen LogP) is 12.3. The smallest absolute Gasteiger partial charge is 0.164 e. The number of benzene rings is 8. The molecule has 0 radical (unpaired) electrons. The molecule has 5 heteroatoms. The molecule has 0 amide bonds. The molecule has 4 heterocycles. The third-order valence-corrected chi connectivity index (χ3v) is 11.1. The highest BCUT2D eigenvalue weighted by Gasteiger charge is 2.22. The quantitative estimate of drug-likeness (QED) is 0.185. The van der Waals surface area contributed by atoms with E-state index in [0.717, 1.165) is 27.9 Å². The van der Waals surface area contributed by atoms with Crippen LogP contribution in [-0.2, 0) is 0 Å². The van der Waals surface area contributed by atoms with E-state index >= 15 is 0 Å². The van der Waals surface area contributed by atoms with Crippen molar-refractivity contribution in [3.05, 3.63) is 176 Å². The Morgan fingerprint density at radius 3 is 1.33 bits per heavy atom. The zero-order valence-electron chi connectivity index (χ0n) is 29.0. The van der Waals surface area contributed by atoms with Crippen LogP contribution in [0, 0.1) is 0 Å². The Balaban J connectivity index is 1.14. The summed E-state index contributed by atoms with van der Waals surface area (Å²) in [5.74, 6) is 1.93. The van der Waals surface area contributed by atoms with Crippen LogP contribution in [-0.4, -0.2) is 23.9 Å². The summed E-state index contributed by atoms with van der Waals surface area (Å²) in [6.45, 7) is 0. The van der Waals surface area contributed by atoms with Gasteiger partial charge in [0.1, 0.15) is 0 Å². The van der Waals surface area contributed by atoms with Crippen molar-refractivity contribution in [2.75, 3.05) is 0 Å². The fraction of sp³-hybridized carbons (Fsp3) is 0. The number of hydrogen-bond acceptors (Lipinski definition) is 3. The summed E-state index contributed by atoms with van der Waals surface area (Å²) < 4.78 is 4.91. The van der Waals surface area contributed by atoms with E-state index in [9.17, 15) is 0 Å². The largest absolute Gasteiger partial charge is 0.309 e. The number of rotatable bonds is 4. The van der Waals surface area contributed by atoms with E-state index in [1.807, 2.05) is 60.7 Å². The first-order valence-corrected chi connectivity index (χ1v) is 18.3. The monoisotopic (exact) mass is 687 g/mol. The molecule has 0 aliphatic rings. The Labute approximate surface area is 309 Å². The van der Waals surface area contributed by atoms with Gasteiger partial charge in [-0.3, -0.25) is 0 Å². The molecule has 0 unspecified atom stereocenters. The van der Waals surface area contributed by atoms with Gasteiger partial charge < -0.3 is 8.97 Å². The summed E-state index contributed by atoms with van der Waals surface area (Å²) in [5, 5.41) is 10.0. The predicted molar refractivity (Wildman–Crippen MR) is 223 cm³/mol. The fourth-order valence-electron chi connectivity index (χ4n) is 8.77. The molecule has 5 nitrogen and oxygen atoms in total. The van der Waals surface area contributed by atoms with Crippen LogP contribution in [0.1, 0.15) is 0 Å². The Hall–Kier alpha value is -7.37. The van der Waals surface area contributed by atoms with Crippen LogP contribution in [0.4, 0.5) is 0 Å². The van der Waals surface area contributed by atoms with Crippen molar-refractivity contribution in [1.29, 1.82) is 0 Å². The molecule has 12 aromatic rings. The van der Waals surface area contributed by atoms with Crippen molar-refractivity contribution in [2.24, 2.45) is 0 Å². The van der Waals surface area contributed by atoms with Gasteiger partial charge in [0, 0.05) is 65.5 Å². The van der Waals surface area contributed by atoms with Crippen molar-refractivity contribution in [3.8, 4) is 39.9 Å². The van der Waals surface area contributed by atoms with E-state index in [4.69, 9.17) is 15.0 Å². The molecule has 0 atom stereocenters. The molecule has 0 bridgehead atoms. The van der Waals surface area contributed by atoms with Gasteiger partial charge in [0.15, 0.2) is 17.5 Å². The Morgan fingerprint density at radius 2 is 0.704 bits per heavy atom. The van der Waals surface area contributed by atoms with Gasteiger partial charge in [-0.05, 0) is 24.3 Å². The number of nitrogens with zero attached hydrogens (tertiary/aromatic N) is 5. The fourth-order valence-corrected chi connectivity index (χ4v) is 8.77. The maximum atomic E-state index is 5.06. The van der Waals surface area contributed by atoms with Crippen LogP contribution >= 0.6 is 0 Å². The van der Waals surface area contributed by atoms with Gasteiger partial charge in [-0.25, -0.2) is 15.0 Å². The molecule has 0 aliphatic carbocycles. The highest BCUT2D eigenvalue weighted by atomic mass is 15.0. The highest BCUT2D eigenvalue weighted by molar-refractivity contribution is 6.30. The Bertz CT molecular complexity index is 3370. The molecule has 0 spiro atoms. The van der Waals surface area contributed by atoms with E-state index in [-0.39, 0.29) is 0 Å². The van der Waals surface area contributed by atoms with Crippen molar-refractivity contribution in [2.45, 2.75) is 0 Å². The van der Waals surface area contributed by atoms with Crippen LogP contribution in [0.15, 0.2) is 176 Å². The molecule has 0 saturated carbocycles. The minimum atomic E-state index is 0.634. The molecule has 0 fully saturated rings. The van der Waals surface area contributed by atoms with E-state index in [0.29, 0.717) is 17.5 Å². The maximum absolute atomic E-state index is 5.06. The lowest BCUT2D eigenvalue weighted by Gasteiger charge is -2.13. The van der Waals surface area contributed by atoms with Crippen LogP contribution in [0.25, 0.3) is 111 Å². The third kappa shape index (κ3) is 4.06. The van der Waals surface area contributed by atoms with Gasteiger partial charge in [0.25, 0.3) is 0 Å². The van der Waals surface area contributed by atoms with Gasteiger partial charge >= 0.3 is 0 Å². The second-order valence-electron chi connectivity index (χ2n) is 14.0. The van der Waals surface area contributed by atoms with E-state index < -0.39 is 0 Å². The summed E-state index contributed by atoms with van der Waals surface area (Å²) in [6.07, 6.45) is 0. The average molecular weight is 688 g/mol. The molecule has 0 aliphatic heterocycles. The van der Waals surface area contributed by atoms with Crippen LogP contribution < -0.4 is 0 Å². The summed E-state index contributed by atoms with van der Waals surface area (Å²) in [4.78, 5) is 15.0. The molecular formula is C49H29N5. The standard InChI is InChI=1S/C49H29N5/c1-3-13-30(14-4-1)47-50-48(31-15-5-2-6-16-31)52-49(51-47)32-17-11-18-33(29-32)53-42-23-9-7-20-35(42)38-25-26-41-40(44(38)53)28-27-39-37-22-12-21-36-34-19-8-10-24-43(34)54(45(36)37)46(39)41/h1-29H. The number of fused-ring (bicyclic) bond motifs is 12. The first-order chi connectivity index (χ1) is 26.8. The van der Waals surface area contributed by atoms with Gasteiger partial charge in [-0.15, -0.1) is 0 Å².